The number of hydrogen-bond donors (Lipinski definition) is 3. The zero-order chi connectivity index (χ0) is 24.0. The van der Waals surface area contributed by atoms with E-state index >= 15 is 0 Å². The summed E-state index contributed by atoms with van der Waals surface area (Å²) in [5, 5.41) is 5.74. The molecule has 0 spiro atoms. The van der Waals surface area contributed by atoms with Crippen LogP contribution in [0, 0.1) is 0 Å². The summed E-state index contributed by atoms with van der Waals surface area (Å²) >= 11 is 0. The second-order valence-corrected chi connectivity index (χ2v) is 7.35. The number of amides is 1. The number of aromatic nitrogens is 2. The third-order valence-electron chi connectivity index (χ3n) is 4.32. The predicted molar refractivity (Wildman–Crippen MR) is 120 cm³/mol. The van der Waals surface area contributed by atoms with Gasteiger partial charge in [-0.2, -0.15) is 4.98 Å². The molecule has 11 heteroatoms. The number of nitrogens with two attached hydrogens (primary N) is 1. The Morgan fingerprint density at radius 2 is 1.85 bits per heavy atom. The molecular weight excluding hydrogens is 437 g/mol. The van der Waals surface area contributed by atoms with Crippen LogP contribution in [0.1, 0.15) is 10.4 Å². The molecule has 0 aliphatic rings. The molecule has 0 atom stereocenters. The van der Waals surface area contributed by atoms with E-state index in [1.807, 2.05) is 19.0 Å². The number of ether oxygens (including phenoxy) is 1. The smallest absolute Gasteiger partial charge is 0.406 e. The van der Waals surface area contributed by atoms with Crippen molar-refractivity contribution in [1.82, 2.24) is 14.9 Å². The highest BCUT2D eigenvalue weighted by molar-refractivity contribution is 6.04. The summed E-state index contributed by atoms with van der Waals surface area (Å²) < 4.78 is 41.9. The van der Waals surface area contributed by atoms with Crippen molar-refractivity contribution in [2.45, 2.75) is 6.36 Å². The Balaban J connectivity index is 1.92. The minimum Gasteiger partial charge on any atom is -0.406 e. The molecule has 174 valence electrons. The molecule has 1 amide bonds. The molecule has 0 fully saturated rings. The van der Waals surface area contributed by atoms with Gasteiger partial charge in [-0.1, -0.05) is 18.2 Å². The van der Waals surface area contributed by atoms with Crippen molar-refractivity contribution in [3.63, 3.8) is 0 Å². The lowest BCUT2D eigenvalue weighted by Gasteiger charge is -2.14. The molecular formula is C22H23F3N6O2. The summed E-state index contributed by atoms with van der Waals surface area (Å²) in [4.78, 5) is 23.3. The van der Waals surface area contributed by atoms with E-state index in [-0.39, 0.29) is 17.5 Å². The molecule has 0 aliphatic heterocycles. The van der Waals surface area contributed by atoms with Crippen LogP contribution >= 0.6 is 0 Å². The molecule has 1 heterocycles. The van der Waals surface area contributed by atoms with Crippen molar-refractivity contribution in [3.8, 4) is 17.0 Å². The second-order valence-electron chi connectivity index (χ2n) is 7.35. The van der Waals surface area contributed by atoms with Gasteiger partial charge in [0.1, 0.15) is 11.6 Å². The zero-order valence-electron chi connectivity index (χ0n) is 18.0. The molecule has 8 nitrogen and oxygen atoms in total. The van der Waals surface area contributed by atoms with E-state index in [2.05, 4.69) is 25.3 Å². The minimum absolute atomic E-state index is 0.168. The van der Waals surface area contributed by atoms with Crippen LogP contribution in [0.4, 0.5) is 30.6 Å². The first-order chi connectivity index (χ1) is 15.6. The Labute approximate surface area is 188 Å². The third kappa shape index (κ3) is 7.35. The summed E-state index contributed by atoms with van der Waals surface area (Å²) in [5.74, 6) is -0.451. The number of nitrogens with one attached hydrogen (secondary N) is 2. The fourth-order valence-electron chi connectivity index (χ4n) is 2.85. The molecule has 0 aliphatic carbocycles. The van der Waals surface area contributed by atoms with Gasteiger partial charge in [0.25, 0.3) is 5.91 Å². The van der Waals surface area contributed by atoms with Gasteiger partial charge in [-0.15, -0.1) is 13.2 Å². The molecule has 2 aromatic carbocycles. The molecule has 3 rings (SSSR count). The fourth-order valence-corrected chi connectivity index (χ4v) is 2.85. The number of alkyl halides is 3. The normalized spacial score (nSPS) is 11.3. The van der Waals surface area contributed by atoms with Gasteiger partial charge in [0, 0.05) is 36.0 Å². The van der Waals surface area contributed by atoms with Gasteiger partial charge in [-0.05, 0) is 44.4 Å². The van der Waals surface area contributed by atoms with Crippen molar-refractivity contribution in [1.29, 1.82) is 0 Å². The van der Waals surface area contributed by atoms with Crippen LogP contribution in [-0.2, 0) is 0 Å². The Morgan fingerprint density at radius 3 is 2.55 bits per heavy atom. The van der Waals surface area contributed by atoms with E-state index in [9.17, 15) is 18.0 Å². The molecule has 0 saturated heterocycles. The lowest BCUT2D eigenvalue weighted by Crippen LogP contribution is -2.22. The standard InChI is InChI=1S/C22H23F3N6O2/c1-31(2)10-9-27-21-28-18(14-5-4-8-17(12-14)33-22(23,24)25)13-19(30-21)29-20(32)15-6-3-7-16(26)11-15/h3-8,11-13H,9-10,26H2,1-2H3,(H2,27,28,29,30,32). The summed E-state index contributed by atoms with van der Waals surface area (Å²) in [6.07, 6.45) is -4.82. The lowest BCUT2D eigenvalue weighted by atomic mass is 10.1. The van der Waals surface area contributed by atoms with Gasteiger partial charge in [0.2, 0.25) is 5.95 Å². The number of carbonyl (C=O) groups excluding carboxylic acids is 1. The number of carbonyl (C=O) groups is 1. The van der Waals surface area contributed by atoms with Crippen LogP contribution in [0.2, 0.25) is 0 Å². The Hall–Kier alpha value is -3.86. The Morgan fingerprint density at radius 1 is 1.09 bits per heavy atom. The van der Waals surface area contributed by atoms with Crippen LogP contribution in [0.25, 0.3) is 11.3 Å². The molecule has 0 radical (unpaired) electrons. The van der Waals surface area contributed by atoms with Crippen LogP contribution in [0.5, 0.6) is 5.75 Å². The first-order valence-electron chi connectivity index (χ1n) is 9.90. The number of halogens is 3. The van der Waals surface area contributed by atoms with Gasteiger partial charge in [-0.3, -0.25) is 4.79 Å². The highest BCUT2D eigenvalue weighted by Crippen LogP contribution is 2.28. The third-order valence-corrected chi connectivity index (χ3v) is 4.32. The number of rotatable bonds is 8. The Bertz CT molecular complexity index is 1120. The quantitative estimate of drug-likeness (QED) is 0.439. The van der Waals surface area contributed by atoms with Crippen molar-refractivity contribution in [2.75, 3.05) is 43.6 Å². The van der Waals surface area contributed by atoms with Crippen LogP contribution in [0.15, 0.2) is 54.6 Å². The van der Waals surface area contributed by atoms with E-state index in [4.69, 9.17) is 5.73 Å². The van der Waals surface area contributed by atoms with Crippen molar-refractivity contribution < 1.29 is 22.7 Å². The average Bonchev–Trinajstić information content (AvgIpc) is 2.72. The van der Waals surface area contributed by atoms with E-state index in [1.54, 1.807) is 24.3 Å². The zero-order valence-corrected chi connectivity index (χ0v) is 18.0. The van der Waals surface area contributed by atoms with Crippen LogP contribution in [-0.4, -0.2) is 54.3 Å². The number of nitrogen functional groups attached to an aromatic ring is 1. The maximum Gasteiger partial charge on any atom is 0.573 e. The average molecular weight is 460 g/mol. The summed E-state index contributed by atoms with van der Waals surface area (Å²) in [5.41, 5.74) is 7.15. The molecule has 4 N–H and O–H groups in total. The predicted octanol–water partition coefficient (Wildman–Crippen LogP) is 3.85. The lowest BCUT2D eigenvalue weighted by molar-refractivity contribution is -0.274. The van der Waals surface area contributed by atoms with Crippen LogP contribution < -0.4 is 21.1 Å². The maximum atomic E-state index is 12.6. The number of anilines is 3. The summed E-state index contributed by atoms with van der Waals surface area (Å²) in [7, 11) is 3.81. The van der Waals surface area contributed by atoms with Crippen molar-refractivity contribution in [3.05, 3.63) is 60.2 Å². The van der Waals surface area contributed by atoms with Gasteiger partial charge in [-0.25, -0.2) is 4.98 Å². The van der Waals surface area contributed by atoms with Gasteiger partial charge in [0.15, 0.2) is 0 Å². The monoisotopic (exact) mass is 460 g/mol. The van der Waals surface area contributed by atoms with E-state index < -0.39 is 12.3 Å². The van der Waals surface area contributed by atoms with E-state index in [1.165, 1.54) is 30.3 Å². The first-order valence-corrected chi connectivity index (χ1v) is 9.90. The number of benzene rings is 2. The number of hydrogen-bond acceptors (Lipinski definition) is 7. The summed E-state index contributed by atoms with van der Waals surface area (Å²) in [6.45, 7) is 1.20. The first kappa shape index (κ1) is 23.8. The van der Waals surface area contributed by atoms with Gasteiger partial charge >= 0.3 is 6.36 Å². The molecule has 1 aromatic heterocycles. The van der Waals surface area contributed by atoms with E-state index in [0.29, 0.717) is 35.6 Å². The second kappa shape index (κ2) is 10.2. The largest absolute Gasteiger partial charge is 0.573 e. The molecule has 0 unspecified atom stereocenters. The minimum atomic E-state index is -4.82. The molecule has 3 aromatic rings. The van der Waals surface area contributed by atoms with Gasteiger partial charge < -0.3 is 26.0 Å². The molecule has 0 saturated carbocycles. The fraction of sp³-hybridized carbons (Fsp3) is 0.227. The Kier molecular flexibility index (Phi) is 7.34. The number of nitrogens with zero attached hydrogens (tertiary/aromatic N) is 3. The highest BCUT2D eigenvalue weighted by atomic mass is 19.4. The number of likely N-dealkylation sites (N-methyl/N-ethyl adjacent to an activating group) is 1. The summed E-state index contributed by atoms with van der Waals surface area (Å²) in [6, 6.07) is 13.3. The van der Waals surface area contributed by atoms with Crippen molar-refractivity contribution >= 4 is 23.4 Å². The molecule has 0 bridgehead atoms. The molecule has 33 heavy (non-hydrogen) atoms. The SMILES string of the molecule is CN(C)CCNc1nc(NC(=O)c2cccc(N)c2)cc(-c2cccc(OC(F)(F)F)c2)n1. The van der Waals surface area contributed by atoms with Crippen molar-refractivity contribution in [2.24, 2.45) is 0 Å². The van der Waals surface area contributed by atoms with Gasteiger partial charge in [0.05, 0.1) is 5.69 Å². The van der Waals surface area contributed by atoms with Crippen LogP contribution in [0.3, 0.4) is 0 Å². The topological polar surface area (TPSA) is 105 Å². The maximum absolute atomic E-state index is 12.6. The van der Waals surface area contributed by atoms with E-state index in [0.717, 1.165) is 0 Å². The highest BCUT2D eigenvalue weighted by Gasteiger charge is 2.31.